The molecule has 3 N–H and O–H groups in total. The van der Waals surface area contributed by atoms with Gasteiger partial charge in [-0.25, -0.2) is 4.39 Å². The number of benzene rings is 1. The van der Waals surface area contributed by atoms with Crippen LogP contribution in [0, 0.1) is 21.7 Å². The molecule has 7 nitrogen and oxygen atoms in total. The zero-order chi connectivity index (χ0) is 16.2. The minimum Gasteiger partial charge on any atom is -0.390 e. The first-order chi connectivity index (χ1) is 9.73. The average molecular weight is 304 g/mol. The fourth-order valence-electron chi connectivity index (χ4n) is 1.68. The van der Waals surface area contributed by atoms with Crippen molar-refractivity contribution < 1.29 is 28.7 Å². The molecule has 0 spiro atoms. The lowest BCUT2D eigenvalue weighted by molar-refractivity contribution is -0.387. The summed E-state index contributed by atoms with van der Waals surface area (Å²) in [5.41, 5.74) is -1.65. The number of halogens is 2. The molecular formula is C12H14F2N2O5. The van der Waals surface area contributed by atoms with Gasteiger partial charge in [0.25, 0.3) is 0 Å². The monoisotopic (exact) mass is 304 g/mol. The number of carbonyl (C=O) groups is 1. The van der Waals surface area contributed by atoms with Gasteiger partial charge in [-0.2, -0.15) is 4.39 Å². The van der Waals surface area contributed by atoms with E-state index in [9.17, 15) is 33.9 Å². The summed E-state index contributed by atoms with van der Waals surface area (Å²) >= 11 is 0. The Labute approximate surface area is 118 Å². The Morgan fingerprint density at radius 3 is 2.52 bits per heavy atom. The zero-order valence-corrected chi connectivity index (χ0v) is 11.0. The van der Waals surface area contributed by atoms with Crippen molar-refractivity contribution in [2.24, 2.45) is 0 Å². The number of carbonyl (C=O) groups excluding carboxylic acids is 1. The van der Waals surface area contributed by atoms with Crippen molar-refractivity contribution in [2.45, 2.75) is 25.6 Å². The molecule has 0 aliphatic carbocycles. The van der Waals surface area contributed by atoms with Gasteiger partial charge in [-0.15, -0.1) is 0 Å². The van der Waals surface area contributed by atoms with Gasteiger partial charge >= 0.3 is 5.69 Å². The molecule has 0 bridgehead atoms. The van der Waals surface area contributed by atoms with E-state index >= 15 is 0 Å². The van der Waals surface area contributed by atoms with Crippen molar-refractivity contribution >= 4 is 11.6 Å². The van der Waals surface area contributed by atoms with Crippen LogP contribution in [0.1, 0.15) is 25.0 Å². The molecule has 0 aromatic heterocycles. The topological polar surface area (TPSA) is 113 Å². The van der Waals surface area contributed by atoms with Gasteiger partial charge < -0.3 is 15.5 Å². The molecule has 0 radical (unpaired) electrons. The van der Waals surface area contributed by atoms with Crippen molar-refractivity contribution in [3.63, 3.8) is 0 Å². The standard InChI is InChI=1S/C12H14F2N2O5/c1-6(17)15-3-2-11(18)12(19)7-4-9(14)10(16(20)21)5-8(7)13/h4-5,11-12,18-19H,2-3H2,1H3,(H,15,17). The van der Waals surface area contributed by atoms with Gasteiger partial charge in [0, 0.05) is 19.0 Å². The first kappa shape index (κ1) is 16.9. The summed E-state index contributed by atoms with van der Waals surface area (Å²) in [5.74, 6) is -2.86. The van der Waals surface area contributed by atoms with E-state index in [0.29, 0.717) is 12.1 Å². The van der Waals surface area contributed by atoms with Crippen LogP contribution in [0.2, 0.25) is 0 Å². The minimum absolute atomic E-state index is 0.0324. The van der Waals surface area contributed by atoms with Gasteiger partial charge in [-0.3, -0.25) is 14.9 Å². The molecule has 0 saturated carbocycles. The maximum atomic E-state index is 13.6. The summed E-state index contributed by atoms with van der Waals surface area (Å²) in [5, 5.41) is 32.2. The van der Waals surface area contributed by atoms with Crippen LogP contribution in [0.3, 0.4) is 0 Å². The van der Waals surface area contributed by atoms with Crippen LogP contribution in [0.4, 0.5) is 14.5 Å². The summed E-state index contributed by atoms with van der Waals surface area (Å²) < 4.78 is 27.0. The summed E-state index contributed by atoms with van der Waals surface area (Å²) in [4.78, 5) is 20.0. The quantitative estimate of drug-likeness (QED) is 0.531. The highest BCUT2D eigenvalue weighted by Gasteiger charge is 2.26. The van der Waals surface area contributed by atoms with E-state index in [2.05, 4.69) is 5.32 Å². The first-order valence-electron chi connectivity index (χ1n) is 5.98. The Morgan fingerprint density at radius 2 is 2.00 bits per heavy atom. The molecule has 2 unspecified atom stereocenters. The van der Waals surface area contributed by atoms with Crippen LogP contribution < -0.4 is 5.32 Å². The first-order valence-corrected chi connectivity index (χ1v) is 5.98. The van der Waals surface area contributed by atoms with E-state index in [1.165, 1.54) is 6.92 Å². The summed E-state index contributed by atoms with van der Waals surface area (Å²) in [7, 11) is 0. The molecule has 1 amide bonds. The van der Waals surface area contributed by atoms with Crippen LogP contribution in [0.5, 0.6) is 0 Å². The summed E-state index contributed by atoms with van der Waals surface area (Å²) in [6.07, 6.45) is -3.33. The van der Waals surface area contributed by atoms with Crippen LogP contribution in [0.25, 0.3) is 0 Å². The number of aliphatic hydroxyl groups excluding tert-OH is 2. The van der Waals surface area contributed by atoms with E-state index in [-0.39, 0.29) is 18.9 Å². The molecule has 1 aromatic carbocycles. The van der Waals surface area contributed by atoms with Crippen molar-refractivity contribution in [2.75, 3.05) is 6.54 Å². The third-order valence-corrected chi connectivity index (χ3v) is 2.76. The third kappa shape index (κ3) is 4.43. The number of nitro benzene ring substituents is 1. The van der Waals surface area contributed by atoms with Crippen molar-refractivity contribution in [3.05, 3.63) is 39.4 Å². The lowest BCUT2D eigenvalue weighted by Gasteiger charge is -2.18. The highest BCUT2D eigenvalue weighted by Crippen LogP contribution is 2.27. The largest absolute Gasteiger partial charge is 0.390 e. The van der Waals surface area contributed by atoms with Gasteiger partial charge in [0.1, 0.15) is 11.9 Å². The Bertz CT molecular complexity index is 553. The molecule has 0 aliphatic heterocycles. The highest BCUT2D eigenvalue weighted by atomic mass is 19.1. The van der Waals surface area contributed by atoms with Crippen LogP contribution in [0.15, 0.2) is 12.1 Å². The van der Waals surface area contributed by atoms with Crippen LogP contribution in [-0.2, 0) is 4.79 Å². The molecule has 116 valence electrons. The molecule has 0 saturated heterocycles. The van der Waals surface area contributed by atoms with Crippen molar-refractivity contribution in [3.8, 4) is 0 Å². The second-order valence-electron chi connectivity index (χ2n) is 4.37. The number of rotatable bonds is 6. The fraction of sp³-hybridized carbons (Fsp3) is 0.417. The van der Waals surface area contributed by atoms with Crippen molar-refractivity contribution in [1.29, 1.82) is 0 Å². The SMILES string of the molecule is CC(=O)NCCC(O)C(O)c1cc(F)c([N+](=O)[O-])cc1F. The molecule has 2 atom stereocenters. The summed E-state index contributed by atoms with van der Waals surface area (Å²) in [6.45, 7) is 1.29. The number of nitrogens with one attached hydrogen (secondary N) is 1. The lowest BCUT2D eigenvalue weighted by atomic mass is 10.0. The fourth-order valence-corrected chi connectivity index (χ4v) is 1.68. The zero-order valence-electron chi connectivity index (χ0n) is 11.0. The lowest BCUT2D eigenvalue weighted by Crippen LogP contribution is -2.28. The van der Waals surface area contributed by atoms with Gasteiger partial charge in [-0.1, -0.05) is 0 Å². The molecule has 0 aliphatic rings. The predicted octanol–water partition coefficient (Wildman–Crippen LogP) is 0.793. The molecule has 1 rings (SSSR count). The van der Waals surface area contributed by atoms with Gasteiger partial charge in [0.15, 0.2) is 0 Å². The van der Waals surface area contributed by atoms with E-state index < -0.39 is 40.0 Å². The van der Waals surface area contributed by atoms with Gasteiger partial charge in [0.05, 0.1) is 17.1 Å². The second-order valence-corrected chi connectivity index (χ2v) is 4.37. The Morgan fingerprint density at radius 1 is 1.38 bits per heavy atom. The number of nitrogens with zero attached hydrogens (tertiary/aromatic N) is 1. The van der Waals surface area contributed by atoms with Gasteiger partial charge in [0.2, 0.25) is 11.7 Å². The third-order valence-electron chi connectivity index (χ3n) is 2.76. The number of nitro groups is 1. The smallest absolute Gasteiger partial charge is 0.307 e. The van der Waals surface area contributed by atoms with E-state index in [1.54, 1.807) is 0 Å². The number of hydrogen-bond acceptors (Lipinski definition) is 5. The molecule has 9 heteroatoms. The predicted molar refractivity (Wildman–Crippen MR) is 67.3 cm³/mol. The van der Waals surface area contributed by atoms with E-state index in [0.717, 1.165) is 0 Å². The van der Waals surface area contributed by atoms with Crippen molar-refractivity contribution in [1.82, 2.24) is 5.32 Å². The Hall–Kier alpha value is -2.13. The number of aliphatic hydroxyl groups is 2. The average Bonchev–Trinajstić information content (AvgIpc) is 2.39. The molecule has 21 heavy (non-hydrogen) atoms. The molecular weight excluding hydrogens is 290 g/mol. The minimum atomic E-state index is -1.77. The second kappa shape index (κ2) is 7.04. The maximum absolute atomic E-state index is 13.6. The normalized spacial score (nSPS) is 13.6. The molecule has 0 fully saturated rings. The number of amides is 1. The van der Waals surface area contributed by atoms with Gasteiger partial charge in [-0.05, 0) is 12.5 Å². The summed E-state index contributed by atoms with van der Waals surface area (Å²) in [6, 6.07) is 0.814. The van der Waals surface area contributed by atoms with Crippen LogP contribution >= 0.6 is 0 Å². The van der Waals surface area contributed by atoms with Crippen LogP contribution in [-0.4, -0.2) is 33.7 Å². The Balaban J connectivity index is 2.87. The number of hydrogen-bond donors (Lipinski definition) is 3. The molecule has 0 heterocycles. The van der Waals surface area contributed by atoms with E-state index in [1.807, 2.05) is 0 Å². The highest BCUT2D eigenvalue weighted by molar-refractivity contribution is 5.72. The maximum Gasteiger partial charge on any atom is 0.307 e. The van der Waals surface area contributed by atoms with E-state index in [4.69, 9.17) is 0 Å². The Kier molecular flexibility index (Phi) is 5.68. The molecule has 1 aromatic rings.